The first-order valence-electron chi connectivity index (χ1n) is 12.0. The summed E-state index contributed by atoms with van der Waals surface area (Å²) in [5.41, 5.74) is 1.42. The van der Waals surface area contributed by atoms with Gasteiger partial charge in [0.1, 0.15) is 12.6 Å². The van der Waals surface area contributed by atoms with E-state index in [-0.39, 0.29) is 29.3 Å². The summed E-state index contributed by atoms with van der Waals surface area (Å²) in [7, 11) is -3.61. The van der Waals surface area contributed by atoms with Gasteiger partial charge in [-0.1, -0.05) is 0 Å². The summed E-state index contributed by atoms with van der Waals surface area (Å²) in [6.45, 7) is 3.27. The van der Waals surface area contributed by atoms with Crippen molar-refractivity contribution in [2.45, 2.75) is 62.3 Å². The van der Waals surface area contributed by atoms with E-state index in [1.54, 1.807) is 17.0 Å². The van der Waals surface area contributed by atoms with E-state index < -0.39 is 10.0 Å². The molecule has 1 atom stereocenters. The Balaban J connectivity index is 1.51. The summed E-state index contributed by atoms with van der Waals surface area (Å²) in [6.07, 6.45) is 7.60. The molecule has 3 fully saturated rings. The van der Waals surface area contributed by atoms with Crippen molar-refractivity contribution >= 4 is 33.2 Å². The number of likely N-dealkylation sites (tertiary alicyclic amines) is 1. The zero-order valence-electron chi connectivity index (χ0n) is 18.5. The van der Waals surface area contributed by atoms with Crippen LogP contribution in [0.4, 0.5) is 11.4 Å². The minimum atomic E-state index is -3.61. The first kappa shape index (κ1) is 21.7. The van der Waals surface area contributed by atoms with Crippen LogP contribution in [0.5, 0.6) is 0 Å². The van der Waals surface area contributed by atoms with Crippen LogP contribution in [0.15, 0.2) is 23.1 Å². The largest absolute Gasteiger partial charge is 0.358 e. The lowest BCUT2D eigenvalue weighted by molar-refractivity contribution is -0.132. The maximum atomic E-state index is 13.5. The molecule has 2 amide bonds. The second-order valence-corrected chi connectivity index (χ2v) is 11.3. The van der Waals surface area contributed by atoms with Gasteiger partial charge in [-0.3, -0.25) is 14.5 Å². The number of benzene rings is 1. The molecule has 174 valence electrons. The first-order valence-corrected chi connectivity index (χ1v) is 13.4. The van der Waals surface area contributed by atoms with E-state index in [1.165, 1.54) is 4.31 Å². The van der Waals surface area contributed by atoms with Crippen molar-refractivity contribution in [1.29, 1.82) is 0 Å². The van der Waals surface area contributed by atoms with Crippen LogP contribution in [0.1, 0.15) is 51.4 Å². The maximum absolute atomic E-state index is 13.5. The van der Waals surface area contributed by atoms with Crippen molar-refractivity contribution in [2.75, 3.05) is 49.1 Å². The van der Waals surface area contributed by atoms with Crippen LogP contribution in [-0.2, 0) is 19.6 Å². The lowest BCUT2D eigenvalue weighted by atomic mass is 9.96. The monoisotopic (exact) mass is 460 g/mol. The molecule has 0 spiro atoms. The van der Waals surface area contributed by atoms with Crippen LogP contribution in [-0.4, -0.2) is 74.7 Å². The first-order chi connectivity index (χ1) is 15.5. The Labute approximate surface area is 190 Å². The van der Waals surface area contributed by atoms with Gasteiger partial charge in [-0.25, -0.2) is 8.42 Å². The minimum absolute atomic E-state index is 0.0244. The smallest absolute Gasteiger partial charge is 0.250 e. The van der Waals surface area contributed by atoms with Crippen LogP contribution >= 0.6 is 0 Å². The van der Waals surface area contributed by atoms with Gasteiger partial charge in [-0.15, -0.1) is 0 Å². The van der Waals surface area contributed by atoms with Crippen molar-refractivity contribution in [1.82, 2.24) is 9.21 Å². The zero-order valence-corrected chi connectivity index (χ0v) is 19.4. The van der Waals surface area contributed by atoms with E-state index in [4.69, 9.17) is 0 Å². The molecular weight excluding hydrogens is 428 g/mol. The molecule has 0 unspecified atom stereocenters. The Morgan fingerprint density at radius 3 is 2.31 bits per heavy atom. The van der Waals surface area contributed by atoms with Gasteiger partial charge < -0.3 is 9.80 Å². The second kappa shape index (κ2) is 8.67. The lowest BCUT2D eigenvalue weighted by Gasteiger charge is -2.45. The summed E-state index contributed by atoms with van der Waals surface area (Å²) in [5, 5.41) is 0. The fourth-order valence-electron chi connectivity index (χ4n) is 5.52. The summed E-state index contributed by atoms with van der Waals surface area (Å²) in [4.78, 5) is 32.3. The maximum Gasteiger partial charge on any atom is 0.250 e. The number of fused-ring (bicyclic) bond motifs is 3. The van der Waals surface area contributed by atoms with Crippen LogP contribution < -0.4 is 9.80 Å². The fourth-order valence-corrected chi connectivity index (χ4v) is 7.05. The SMILES string of the molecule is O=C(CN1C(=O)[C@H]2CCCCN2c2ccc(S(=O)(=O)N3CCCC3)cc21)N1CCCCC1. The Kier molecular flexibility index (Phi) is 5.88. The molecule has 4 heterocycles. The van der Waals surface area contributed by atoms with Gasteiger partial charge in [0.25, 0.3) is 0 Å². The van der Waals surface area contributed by atoms with Crippen molar-refractivity contribution < 1.29 is 18.0 Å². The third-order valence-corrected chi connectivity index (χ3v) is 9.20. The quantitative estimate of drug-likeness (QED) is 0.688. The number of hydrogen-bond acceptors (Lipinski definition) is 5. The molecule has 0 saturated carbocycles. The van der Waals surface area contributed by atoms with Crippen molar-refractivity contribution in [3.8, 4) is 0 Å². The number of piperidine rings is 2. The molecule has 8 nitrogen and oxygen atoms in total. The predicted octanol–water partition coefficient (Wildman–Crippen LogP) is 2.19. The Morgan fingerprint density at radius 2 is 1.56 bits per heavy atom. The third kappa shape index (κ3) is 3.79. The molecule has 4 aliphatic rings. The molecule has 0 N–H and O–H groups in total. The summed E-state index contributed by atoms with van der Waals surface area (Å²) >= 11 is 0. The topological polar surface area (TPSA) is 81.2 Å². The Hall–Kier alpha value is -2.13. The lowest BCUT2D eigenvalue weighted by Crippen LogP contribution is -2.57. The molecular formula is C23H32N4O4S. The average molecular weight is 461 g/mol. The van der Waals surface area contributed by atoms with Crippen LogP contribution in [0.25, 0.3) is 0 Å². The Morgan fingerprint density at radius 1 is 0.875 bits per heavy atom. The van der Waals surface area contributed by atoms with Crippen molar-refractivity contribution in [2.24, 2.45) is 0 Å². The fraction of sp³-hybridized carbons (Fsp3) is 0.652. The summed E-state index contributed by atoms with van der Waals surface area (Å²) < 4.78 is 27.9. The highest BCUT2D eigenvalue weighted by Crippen LogP contribution is 2.41. The van der Waals surface area contributed by atoms with Gasteiger partial charge in [-0.05, 0) is 69.6 Å². The third-order valence-electron chi connectivity index (χ3n) is 7.31. The van der Waals surface area contributed by atoms with Gasteiger partial charge >= 0.3 is 0 Å². The van der Waals surface area contributed by atoms with Gasteiger partial charge in [0.15, 0.2) is 0 Å². The number of carbonyl (C=O) groups is 2. The molecule has 0 bridgehead atoms. The molecule has 0 radical (unpaired) electrons. The molecule has 0 aliphatic carbocycles. The van der Waals surface area contributed by atoms with Gasteiger partial charge in [0.05, 0.1) is 16.3 Å². The van der Waals surface area contributed by atoms with E-state index in [0.29, 0.717) is 18.8 Å². The zero-order chi connectivity index (χ0) is 22.3. The van der Waals surface area contributed by atoms with Crippen LogP contribution in [0.3, 0.4) is 0 Å². The average Bonchev–Trinajstić information content (AvgIpc) is 3.38. The number of sulfonamides is 1. The molecule has 1 aromatic rings. The molecule has 9 heteroatoms. The molecule has 0 aromatic heterocycles. The highest BCUT2D eigenvalue weighted by atomic mass is 32.2. The second-order valence-electron chi connectivity index (χ2n) is 9.33. The van der Waals surface area contributed by atoms with E-state index in [2.05, 4.69) is 4.90 Å². The van der Waals surface area contributed by atoms with Gasteiger partial charge in [0, 0.05) is 32.7 Å². The molecule has 3 saturated heterocycles. The highest BCUT2D eigenvalue weighted by molar-refractivity contribution is 7.89. The normalized spacial score (nSPS) is 24.4. The van der Waals surface area contributed by atoms with E-state index in [1.807, 2.05) is 11.0 Å². The number of carbonyl (C=O) groups excluding carboxylic acids is 2. The van der Waals surface area contributed by atoms with Crippen molar-refractivity contribution in [3.63, 3.8) is 0 Å². The summed E-state index contributed by atoms with van der Waals surface area (Å²) in [6, 6.07) is 4.85. The Bertz CT molecular complexity index is 999. The number of amides is 2. The van der Waals surface area contributed by atoms with E-state index in [0.717, 1.165) is 76.7 Å². The van der Waals surface area contributed by atoms with Gasteiger partial charge in [0.2, 0.25) is 21.8 Å². The van der Waals surface area contributed by atoms with E-state index >= 15 is 0 Å². The standard InChI is InChI=1S/C23H32N4O4S/c28-22(24-11-3-1-4-12-24)17-27-21-16-18(32(30,31)25-13-6-7-14-25)9-10-19(21)26-15-5-2-8-20(26)23(27)29/h9-10,16,20H,1-8,11-15,17H2/t20-/m1/s1. The number of hydrogen-bond donors (Lipinski definition) is 0. The van der Waals surface area contributed by atoms with Crippen LogP contribution in [0, 0.1) is 0 Å². The number of nitrogens with zero attached hydrogens (tertiary/aromatic N) is 4. The predicted molar refractivity (Wildman–Crippen MR) is 122 cm³/mol. The molecule has 4 aliphatic heterocycles. The number of anilines is 2. The number of rotatable bonds is 4. The molecule has 32 heavy (non-hydrogen) atoms. The molecule has 5 rings (SSSR count). The van der Waals surface area contributed by atoms with Crippen LogP contribution in [0.2, 0.25) is 0 Å². The van der Waals surface area contributed by atoms with Crippen molar-refractivity contribution in [3.05, 3.63) is 18.2 Å². The minimum Gasteiger partial charge on any atom is -0.358 e. The van der Waals surface area contributed by atoms with Gasteiger partial charge in [-0.2, -0.15) is 4.31 Å². The highest BCUT2D eigenvalue weighted by Gasteiger charge is 2.41. The summed E-state index contributed by atoms with van der Waals surface area (Å²) in [5.74, 6) is -0.139. The van der Waals surface area contributed by atoms with E-state index in [9.17, 15) is 18.0 Å². The molecule has 1 aromatic carbocycles.